The monoisotopic (exact) mass is 273 g/mol. The molecule has 0 aliphatic rings. The van der Waals surface area contributed by atoms with Crippen molar-refractivity contribution in [1.29, 1.82) is 0 Å². The van der Waals surface area contributed by atoms with Crippen molar-refractivity contribution in [2.75, 3.05) is 6.54 Å². The van der Waals surface area contributed by atoms with Crippen LogP contribution in [0.1, 0.15) is 19.4 Å². The Morgan fingerprint density at radius 2 is 2.20 bits per heavy atom. The summed E-state index contributed by atoms with van der Waals surface area (Å²) in [6.07, 6.45) is 0. The van der Waals surface area contributed by atoms with E-state index in [4.69, 9.17) is 0 Å². The summed E-state index contributed by atoms with van der Waals surface area (Å²) in [4.78, 5) is 10.5. The van der Waals surface area contributed by atoms with E-state index in [1.807, 2.05) is 19.9 Å². The fourth-order valence-electron chi connectivity index (χ4n) is 1.30. The molecule has 1 aromatic rings. The van der Waals surface area contributed by atoms with Gasteiger partial charge in [-0.1, -0.05) is 26.0 Å². The Bertz CT molecular complexity index is 365. The molecule has 0 fully saturated rings. The zero-order valence-electron chi connectivity index (χ0n) is 8.68. The molecule has 15 heavy (non-hydrogen) atoms. The lowest BCUT2D eigenvalue weighted by molar-refractivity contribution is 0.259. The molecule has 0 radical (unpaired) electrons. The average molecular weight is 274 g/mol. The first kappa shape index (κ1) is 12.2. The van der Waals surface area contributed by atoms with Crippen molar-refractivity contribution in [3.8, 4) is 0 Å². The van der Waals surface area contributed by atoms with Gasteiger partial charge in [-0.05, 0) is 17.7 Å². The highest BCUT2D eigenvalue weighted by Gasteiger charge is 2.21. The summed E-state index contributed by atoms with van der Waals surface area (Å²) in [6, 6.07) is 6.41. The van der Waals surface area contributed by atoms with Crippen LogP contribution in [-0.4, -0.2) is 11.4 Å². The molecular weight excluding hydrogens is 261 g/mol. The molecule has 0 saturated heterocycles. The molecule has 82 valence electrons. The topological polar surface area (TPSA) is 29.1 Å². The third-order valence-corrected chi connectivity index (χ3v) is 2.56. The average Bonchev–Trinajstić information content (AvgIpc) is 2.15. The molecule has 1 rings (SSSR count). The first-order valence-electron chi connectivity index (χ1n) is 4.61. The second kappa shape index (κ2) is 4.75. The van der Waals surface area contributed by atoms with Gasteiger partial charge in [-0.15, -0.1) is 0 Å². The molecule has 0 atom stereocenters. The summed E-state index contributed by atoms with van der Waals surface area (Å²) < 4.78 is 13.0. The lowest BCUT2D eigenvalue weighted by Crippen LogP contribution is -2.34. The molecule has 0 bridgehead atoms. The molecule has 0 aromatic heterocycles. The van der Waals surface area contributed by atoms with Crippen LogP contribution in [-0.2, 0) is 5.41 Å². The third kappa shape index (κ3) is 3.63. The van der Waals surface area contributed by atoms with E-state index in [-0.39, 0.29) is 16.0 Å². The number of hydrogen-bond donors (Lipinski definition) is 1. The van der Waals surface area contributed by atoms with E-state index in [0.29, 0.717) is 6.54 Å². The van der Waals surface area contributed by atoms with Crippen LogP contribution in [0.3, 0.4) is 0 Å². The largest absolute Gasteiger partial charge is 0.346 e. The van der Waals surface area contributed by atoms with Crippen molar-refractivity contribution in [3.05, 3.63) is 35.6 Å². The molecule has 0 aliphatic heterocycles. The normalized spacial score (nSPS) is 11.2. The van der Waals surface area contributed by atoms with Crippen molar-refractivity contribution in [2.45, 2.75) is 19.3 Å². The number of halogens is 2. The molecule has 1 N–H and O–H groups in total. The predicted molar refractivity (Wildman–Crippen MR) is 61.8 cm³/mol. The predicted octanol–water partition coefficient (Wildman–Crippen LogP) is 3.21. The summed E-state index contributed by atoms with van der Waals surface area (Å²) in [7, 11) is 0. The maximum absolute atomic E-state index is 13.0. The van der Waals surface area contributed by atoms with E-state index >= 15 is 0 Å². The van der Waals surface area contributed by atoms with E-state index < -0.39 is 0 Å². The molecule has 1 aromatic carbocycles. The zero-order valence-corrected chi connectivity index (χ0v) is 10.3. The number of carbonyl (C=O) groups is 1. The Labute approximate surface area is 97.0 Å². The van der Waals surface area contributed by atoms with E-state index in [9.17, 15) is 9.18 Å². The third-order valence-electron chi connectivity index (χ3n) is 2.28. The minimum absolute atomic E-state index is 0.257. The van der Waals surface area contributed by atoms with Gasteiger partial charge in [0.05, 0.1) is 0 Å². The quantitative estimate of drug-likeness (QED) is 0.665. The van der Waals surface area contributed by atoms with Crippen LogP contribution in [0.2, 0.25) is 0 Å². The van der Waals surface area contributed by atoms with Crippen LogP contribution in [0.15, 0.2) is 24.3 Å². The Morgan fingerprint density at radius 1 is 1.53 bits per heavy atom. The minimum Gasteiger partial charge on any atom is -0.346 e. The highest BCUT2D eigenvalue weighted by Crippen LogP contribution is 2.22. The summed E-state index contributed by atoms with van der Waals surface area (Å²) >= 11 is 2.79. The maximum atomic E-state index is 13.0. The number of rotatable bonds is 3. The number of nitrogens with one attached hydrogen (secondary N) is 1. The van der Waals surface area contributed by atoms with E-state index in [2.05, 4.69) is 21.2 Å². The van der Waals surface area contributed by atoms with Gasteiger partial charge in [-0.3, -0.25) is 4.79 Å². The number of amides is 1. The van der Waals surface area contributed by atoms with Gasteiger partial charge in [-0.25, -0.2) is 4.39 Å². The molecule has 0 saturated carbocycles. The highest BCUT2D eigenvalue weighted by molar-refractivity contribution is 9.18. The Hall–Kier alpha value is -0.900. The standard InChI is InChI=1S/C11H13BrFNO/c1-11(2,7-14-10(12)15)8-4-3-5-9(13)6-8/h3-6H,7H2,1-2H3,(H,14,15). The second-order valence-corrected chi connectivity index (χ2v) is 4.74. The highest BCUT2D eigenvalue weighted by atomic mass is 79.9. The van der Waals surface area contributed by atoms with Gasteiger partial charge in [0, 0.05) is 27.9 Å². The van der Waals surface area contributed by atoms with Crippen LogP contribution in [0.5, 0.6) is 0 Å². The molecule has 0 spiro atoms. The molecule has 0 unspecified atom stereocenters. The van der Waals surface area contributed by atoms with Crippen LogP contribution >= 0.6 is 15.9 Å². The Kier molecular flexibility index (Phi) is 3.85. The fraction of sp³-hybridized carbons (Fsp3) is 0.364. The van der Waals surface area contributed by atoms with Gasteiger partial charge < -0.3 is 5.32 Å². The van der Waals surface area contributed by atoms with Crippen LogP contribution < -0.4 is 5.32 Å². The summed E-state index contributed by atoms with van der Waals surface area (Å²) in [5.74, 6) is -0.259. The molecule has 2 nitrogen and oxygen atoms in total. The lowest BCUT2D eigenvalue weighted by atomic mass is 9.84. The van der Waals surface area contributed by atoms with Crippen LogP contribution in [0.25, 0.3) is 0 Å². The molecule has 0 heterocycles. The first-order chi connectivity index (χ1) is 6.92. The SMILES string of the molecule is CC(C)(CNC(=O)Br)c1cccc(F)c1. The van der Waals surface area contributed by atoms with Crippen molar-refractivity contribution in [2.24, 2.45) is 0 Å². The number of benzene rings is 1. The maximum Gasteiger partial charge on any atom is 0.287 e. The van der Waals surface area contributed by atoms with Gasteiger partial charge in [0.2, 0.25) is 0 Å². The van der Waals surface area contributed by atoms with Crippen molar-refractivity contribution >= 4 is 20.7 Å². The lowest BCUT2D eigenvalue weighted by Gasteiger charge is -2.25. The molecule has 1 amide bonds. The van der Waals surface area contributed by atoms with E-state index in [1.54, 1.807) is 6.07 Å². The smallest absolute Gasteiger partial charge is 0.287 e. The van der Waals surface area contributed by atoms with Crippen molar-refractivity contribution < 1.29 is 9.18 Å². The van der Waals surface area contributed by atoms with Crippen LogP contribution in [0, 0.1) is 5.82 Å². The van der Waals surface area contributed by atoms with Crippen molar-refractivity contribution in [1.82, 2.24) is 5.32 Å². The van der Waals surface area contributed by atoms with E-state index in [0.717, 1.165) is 5.56 Å². The van der Waals surface area contributed by atoms with Gasteiger partial charge >= 0.3 is 0 Å². The van der Waals surface area contributed by atoms with Gasteiger partial charge in [0.25, 0.3) is 4.82 Å². The summed E-state index contributed by atoms with van der Waals surface area (Å²) in [5, 5.41) is 2.66. The van der Waals surface area contributed by atoms with E-state index in [1.165, 1.54) is 12.1 Å². The second-order valence-electron chi connectivity index (χ2n) is 4.02. The fourth-order valence-corrected chi connectivity index (χ4v) is 1.44. The van der Waals surface area contributed by atoms with Gasteiger partial charge in [-0.2, -0.15) is 0 Å². The number of carbonyl (C=O) groups excluding carboxylic acids is 1. The Balaban J connectivity index is 2.80. The zero-order chi connectivity index (χ0) is 11.5. The molecule has 4 heteroatoms. The van der Waals surface area contributed by atoms with Crippen LogP contribution in [0.4, 0.5) is 9.18 Å². The molecule has 0 aliphatic carbocycles. The summed E-state index contributed by atoms with van der Waals surface area (Å²) in [6.45, 7) is 4.36. The molecular formula is C11H13BrFNO. The Morgan fingerprint density at radius 3 is 2.73 bits per heavy atom. The van der Waals surface area contributed by atoms with Gasteiger partial charge in [0.15, 0.2) is 0 Å². The minimum atomic E-state index is -0.286. The summed E-state index contributed by atoms with van der Waals surface area (Å²) in [5.41, 5.74) is 0.578. The van der Waals surface area contributed by atoms with Crippen molar-refractivity contribution in [3.63, 3.8) is 0 Å². The van der Waals surface area contributed by atoms with Gasteiger partial charge in [0.1, 0.15) is 5.82 Å². The first-order valence-corrected chi connectivity index (χ1v) is 5.40. The number of hydrogen-bond acceptors (Lipinski definition) is 1.